The molecule has 2 rings (SSSR count). The van der Waals surface area contributed by atoms with Crippen molar-refractivity contribution in [3.05, 3.63) is 34.3 Å². The van der Waals surface area contributed by atoms with E-state index in [4.69, 9.17) is 4.74 Å². The van der Waals surface area contributed by atoms with E-state index >= 15 is 0 Å². The number of rotatable bonds is 4. The van der Waals surface area contributed by atoms with Crippen molar-refractivity contribution < 1.29 is 14.3 Å². The van der Waals surface area contributed by atoms with E-state index in [2.05, 4.69) is 15.9 Å². The van der Waals surface area contributed by atoms with Crippen LogP contribution in [0.4, 0.5) is 4.79 Å². The Morgan fingerprint density at radius 2 is 1.77 bits per heavy atom. The number of ether oxygens (including phenoxy) is 1. The van der Waals surface area contributed by atoms with E-state index in [1.807, 2.05) is 49.9 Å². The molecule has 26 heavy (non-hydrogen) atoms. The summed E-state index contributed by atoms with van der Waals surface area (Å²) in [4.78, 5) is 28.2. The van der Waals surface area contributed by atoms with Crippen LogP contribution in [0.3, 0.4) is 0 Å². The summed E-state index contributed by atoms with van der Waals surface area (Å²) in [6.45, 7) is 6.98. The molecule has 1 aromatic carbocycles. The van der Waals surface area contributed by atoms with Crippen LogP contribution in [0.5, 0.6) is 0 Å². The van der Waals surface area contributed by atoms with E-state index in [-0.39, 0.29) is 18.0 Å². The molecule has 0 aliphatic carbocycles. The van der Waals surface area contributed by atoms with Gasteiger partial charge in [-0.3, -0.25) is 4.79 Å². The normalized spacial score (nSPS) is 15.7. The molecule has 1 aliphatic rings. The van der Waals surface area contributed by atoms with Gasteiger partial charge in [-0.1, -0.05) is 28.1 Å². The largest absolute Gasteiger partial charge is 0.444 e. The summed E-state index contributed by atoms with van der Waals surface area (Å²) in [6, 6.07) is 8.20. The van der Waals surface area contributed by atoms with Crippen LogP contribution in [0.1, 0.15) is 45.6 Å². The minimum Gasteiger partial charge on any atom is -0.444 e. The maximum atomic E-state index is 12.4. The van der Waals surface area contributed by atoms with Crippen molar-refractivity contribution in [2.24, 2.45) is 0 Å². The molecule has 144 valence electrons. The summed E-state index contributed by atoms with van der Waals surface area (Å²) < 4.78 is 6.47. The number of piperidine rings is 1. The lowest BCUT2D eigenvalue weighted by atomic mass is 10.0. The first kappa shape index (κ1) is 20.7. The Bertz CT molecular complexity index is 617. The summed E-state index contributed by atoms with van der Waals surface area (Å²) in [6.07, 6.45) is 2.56. The van der Waals surface area contributed by atoms with Crippen LogP contribution < -0.4 is 0 Å². The molecule has 1 saturated heterocycles. The minimum atomic E-state index is -0.491. The van der Waals surface area contributed by atoms with Crippen LogP contribution in [0.2, 0.25) is 0 Å². The average Bonchev–Trinajstić information content (AvgIpc) is 2.59. The van der Waals surface area contributed by atoms with Crippen molar-refractivity contribution in [2.75, 3.05) is 20.1 Å². The monoisotopic (exact) mass is 424 g/mol. The number of likely N-dealkylation sites (tertiary alicyclic amines) is 1. The third-order valence-corrected chi connectivity index (χ3v) is 5.12. The fraction of sp³-hybridized carbons (Fsp3) is 0.600. The topological polar surface area (TPSA) is 49.9 Å². The van der Waals surface area contributed by atoms with Crippen LogP contribution in [0.25, 0.3) is 0 Å². The van der Waals surface area contributed by atoms with Crippen molar-refractivity contribution in [3.63, 3.8) is 0 Å². The molecule has 1 aliphatic heterocycles. The number of aryl methyl sites for hydroxylation is 1. The molecule has 5 nitrogen and oxygen atoms in total. The molecule has 0 N–H and O–H groups in total. The highest BCUT2D eigenvalue weighted by molar-refractivity contribution is 9.10. The van der Waals surface area contributed by atoms with Gasteiger partial charge in [0.05, 0.1) is 0 Å². The average molecular weight is 425 g/mol. The first-order valence-corrected chi connectivity index (χ1v) is 9.93. The van der Waals surface area contributed by atoms with Gasteiger partial charge in [0.15, 0.2) is 0 Å². The number of nitrogens with zero attached hydrogens (tertiary/aromatic N) is 2. The highest BCUT2D eigenvalue weighted by atomic mass is 79.9. The summed E-state index contributed by atoms with van der Waals surface area (Å²) in [5.41, 5.74) is 0.677. The Hall–Kier alpha value is -1.56. The van der Waals surface area contributed by atoms with Crippen LogP contribution in [0, 0.1) is 0 Å². The van der Waals surface area contributed by atoms with Crippen molar-refractivity contribution in [1.29, 1.82) is 0 Å². The maximum Gasteiger partial charge on any atom is 0.410 e. The number of carbonyl (C=O) groups is 2. The predicted octanol–water partition coefficient (Wildman–Crippen LogP) is 4.24. The summed E-state index contributed by atoms with van der Waals surface area (Å²) in [5, 5.41) is 0. The number of benzene rings is 1. The van der Waals surface area contributed by atoms with Gasteiger partial charge in [0.1, 0.15) is 5.60 Å². The lowest BCUT2D eigenvalue weighted by Crippen LogP contribution is -2.48. The Morgan fingerprint density at radius 1 is 1.19 bits per heavy atom. The van der Waals surface area contributed by atoms with Gasteiger partial charge in [-0.15, -0.1) is 0 Å². The lowest BCUT2D eigenvalue weighted by molar-refractivity contribution is -0.132. The molecule has 1 heterocycles. The predicted molar refractivity (Wildman–Crippen MR) is 106 cm³/mol. The van der Waals surface area contributed by atoms with E-state index in [9.17, 15) is 9.59 Å². The molecule has 6 heteroatoms. The van der Waals surface area contributed by atoms with Crippen molar-refractivity contribution in [1.82, 2.24) is 9.80 Å². The van der Waals surface area contributed by atoms with Gasteiger partial charge < -0.3 is 14.5 Å². The molecular formula is C20H29BrN2O3. The Kier molecular flexibility index (Phi) is 7.09. The van der Waals surface area contributed by atoms with Gasteiger partial charge in [0.25, 0.3) is 0 Å². The maximum absolute atomic E-state index is 12.4. The molecule has 0 unspecified atom stereocenters. The van der Waals surface area contributed by atoms with Gasteiger partial charge in [-0.2, -0.15) is 0 Å². The molecule has 1 fully saturated rings. The SMILES string of the molecule is CN(C(=O)OC(C)(C)C)C1CCN(C(=O)CCc2ccc(Br)cc2)CC1. The van der Waals surface area contributed by atoms with E-state index in [0.29, 0.717) is 19.5 Å². The zero-order valence-electron chi connectivity index (χ0n) is 16.1. The van der Waals surface area contributed by atoms with Gasteiger partial charge >= 0.3 is 6.09 Å². The molecule has 0 aromatic heterocycles. The number of amides is 2. The quantitative estimate of drug-likeness (QED) is 0.725. The third-order valence-electron chi connectivity index (χ3n) is 4.59. The Balaban J connectivity index is 1.77. The number of hydrogen-bond donors (Lipinski definition) is 0. The molecular weight excluding hydrogens is 396 g/mol. The first-order chi connectivity index (χ1) is 12.2. The number of halogens is 1. The molecule has 0 bridgehead atoms. The molecule has 0 atom stereocenters. The molecule has 2 amide bonds. The summed E-state index contributed by atoms with van der Waals surface area (Å²) in [5.74, 6) is 0.186. The summed E-state index contributed by atoms with van der Waals surface area (Å²) >= 11 is 3.42. The van der Waals surface area contributed by atoms with Crippen LogP contribution in [0.15, 0.2) is 28.7 Å². The fourth-order valence-electron chi connectivity index (χ4n) is 3.05. The molecule has 0 radical (unpaired) electrons. The van der Waals surface area contributed by atoms with Crippen molar-refractivity contribution in [3.8, 4) is 0 Å². The molecule has 0 saturated carbocycles. The van der Waals surface area contributed by atoms with Gasteiger partial charge in [0.2, 0.25) is 5.91 Å². The second-order valence-electron chi connectivity index (χ2n) is 7.83. The zero-order valence-corrected chi connectivity index (χ0v) is 17.7. The van der Waals surface area contributed by atoms with E-state index in [1.54, 1.807) is 11.9 Å². The van der Waals surface area contributed by atoms with E-state index < -0.39 is 5.60 Å². The number of carbonyl (C=O) groups excluding carboxylic acids is 2. The second-order valence-corrected chi connectivity index (χ2v) is 8.75. The van der Waals surface area contributed by atoms with Crippen molar-refractivity contribution in [2.45, 2.75) is 58.1 Å². The number of hydrogen-bond acceptors (Lipinski definition) is 3. The second kappa shape index (κ2) is 8.89. The minimum absolute atomic E-state index is 0.125. The smallest absolute Gasteiger partial charge is 0.410 e. The van der Waals surface area contributed by atoms with Crippen LogP contribution in [-0.2, 0) is 16.0 Å². The standard InChI is InChI=1S/C20H29BrN2O3/c1-20(2,3)26-19(25)22(4)17-11-13-23(14-12-17)18(24)10-7-15-5-8-16(21)9-6-15/h5-6,8-9,17H,7,10-14H2,1-4H3. The highest BCUT2D eigenvalue weighted by Crippen LogP contribution is 2.19. The van der Waals surface area contributed by atoms with Crippen LogP contribution >= 0.6 is 15.9 Å². The third kappa shape index (κ3) is 6.31. The molecule has 1 aromatic rings. The Morgan fingerprint density at radius 3 is 2.31 bits per heavy atom. The van der Waals surface area contributed by atoms with Gasteiger partial charge in [-0.25, -0.2) is 4.79 Å². The lowest BCUT2D eigenvalue weighted by Gasteiger charge is -2.37. The van der Waals surface area contributed by atoms with E-state index in [1.165, 1.54) is 5.56 Å². The van der Waals surface area contributed by atoms with Crippen molar-refractivity contribution >= 4 is 27.9 Å². The zero-order chi connectivity index (χ0) is 19.3. The summed E-state index contributed by atoms with van der Waals surface area (Å²) in [7, 11) is 1.78. The van der Waals surface area contributed by atoms with Gasteiger partial charge in [-0.05, 0) is 57.7 Å². The van der Waals surface area contributed by atoms with E-state index in [0.717, 1.165) is 23.7 Å². The highest BCUT2D eigenvalue weighted by Gasteiger charge is 2.29. The van der Waals surface area contributed by atoms with Gasteiger partial charge in [0, 0.05) is 37.1 Å². The first-order valence-electron chi connectivity index (χ1n) is 9.14. The Labute approximate surface area is 164 Å². The molecule has 0 spiro atoms. The fourth-order valence-corrected chi connectivity index (χ4v) is 3.31. The van der Waals surface area contributed by atoms with Crippen LogP contribution in [-0.4, -0.2) is 53.6 Å².